The highest BCUT2D eigenvalue weighted by atomic mass is 14.3. The van der Waals surface area contributed by atoms with E-state index in [2.05, 4.69) is 26.0 Å². The van der Waals surface area contributed by atoms with Crippen LogP contribution in [-0.2, 0) is 0 Å². The molecule has 2 aliphatic rings. The van der Waals surface area contributed by atoms with Gasteiger partial charge in [0, 0.05) is 0 Å². The number of hydrogen-bond donors (Lipinski definition) is 0. The molecule has 0 unspecified atom stereocenters. The van der Waals surface area contributed by atoms with Gasteiger partial charge in [0.1, 0.15) is 0 Å². The van der Waals surface area contributed by atoms with Gasteiger partial charge in [0.05, 0.1) is 0 Å². The van der Waals surface area contributed by atoms with Crippen LogP contribution in [0.5, 0.6) is 0 Å². The Morgan fingerprint density at radius 1 is 0.762 bits per heavy atom. The van der Waals surface area contributed by atoms with Crippen LogP contribution in [0.2, 0.25) is 0 Å². The van der Waals surface area contributed by atoms with E-state index < -0.39 is 0 Å². The molecule has 0 aromatic rings. The van der Waals surface area contributed by atoms with Gasteiger partial charge in [-0.1, -0.05) is 64.5 Å². The van der Waals surface area contributed by atoms with Gasteiger partial charge in [0.15, 0.2) is 0 Å². The minimum Gasteiger partial charge on any atom is -0.0883 e. The van der Waals surface area contributed by atoms with Gasteiger partial charge < -0.3 is 0 Å². The first-order valence-corrected chi connectivity index (χ1v) is 10.00. The van der Waals surface area contributed by atoms with E-state index in [1.165, 1.54) is 70.6 Å². The summed E-state index contributed by atoms with van der Waals surface area (Å²) in [7, 11) is 0. The molecule has 2 fully saturated rings. The Balaban J connectivity index is 1.64. The normalized spacial score (nSPS) is 34.4. The van der Waals surface area contributed by atoms with E-state index >= 15 is 0 Å². The van der Waals surface area contributed by atoms with Crippen molar-refractivity contribution in [2.24, 2.45) is 23.7 Å². The average Bonchev–Trinajstić information content (AvgIpc) is 2.53. The zero-order valence-corrected chi connectivity index (χ0v) is 14.7. The van der Waals surface area contributed by atoms with Gasteiger partial charge in [-0.2, -0.15) is 0 Å². The van der Waals surface area contributed by atoms with E-state index in [4.69, 9.17) is 0 Å². The second-order valence-electron chi connectivity index (χ2n) is 7.81. The summed E-state index contributed by atoms with van der Waals surface area (Å²) in [6.45, 7) is 4.63. The van der Waals surface area contributed by atoms with Crippen LogP contribution in [0.3, 0.4) is 0 Å². The second kappa shape index (κ2) is 9.70. The molecule has 0 aromatic carbocycles. The van der Waals surface area contributed by atoms with Crippen molar-refractivity contribution in [2.45, 2.75) is 97.3 Å². The molecule has 0 radical (unpaired) electrons. The fraction of sp³-hybridized carbons (Fsp3) is 0.905. The predicted molar refractivity (Wildman–Crippen MR) is 94.5 cm³/mol. The monoisotopic (exact) mass is 290 g/mol. The lowest BCUT2D eigenvalue weighted by atomic mass is 9.68. The maximum atomic E-state index is 2.55. The molecule has 0 saturated heterocycles. The number of unbranched alkanes of at least 4 members (excludes halogenated alkanes) is 2. The lowest BCUT2D eigenvalue weighted by molar-refractivity contribution is 0.152. The van der Waals surface area contributed by atoms with Crippen LogP contribution in [0.1, 0.15) is 97.3 Å². The van der Waals surface area contributed by atoms with E-state index in [1.54, 1.807) is 12.8 Å². The number of allylic oxidation sites excluding steroid dienone is 2. The van der Waals surface area contributed by atoms with Crippen LogP contribution in [0.25, 0.3) is 0 Å². The van der Waals surface area contributed by atoms with Crippen LogP contribution in [0.15, 0.2) is 12.2 Å². The van der Waals surface area contributed by atoms with E-state index in [0.29, 0.717) is 0 Å². The molecule has 0 amide bonds. The molecule has 122 valence electrons. The van der Waals surface area contributed by atoms with Gasteiger partial charge in [-0.15, -0.1) is 0 Å². The van der Waals surface area contributed by atoms with Crippen molar-refractivity contribution < 1.29 is 0 Å². The molecular weight excluding hydrogens is 252 g/mol. The molecule has 0 aromatic heterocycles. The van der Waals surface area contributed by atoms with Crippen LogP contribution in [-0.4, -0.2) is 0 Å². The van der Waals surface area contributed by atoms with E-state index in [0.717, 1.165) is 23.7 Å². The molecule has 0 spiro atoms. The highest BCUT2D eigenvalue weighted by Crippen LogP contribution is 2.42. The molecule has 2 saturated carbocycles. The number of rotatable bonds is 7. The largest absolute Gasteiger partial charge is 0.0883 e. The van der Waals surface area contributed by atoms with Crippen LogP contribution >= 0.6 is 0 Å². The van der Waals surface area contributed by atoms with Crippen molar-refractivity contribution in [3.8, 4) is 0 Å². The summed E-state index contributed by atoms with van der Waals surface area (Å²) in [6, 6.07) is 0. The van der Waals surface area contributed by atoms with Crippen molar-refractivity contribution in [2.75, 3.05) is 0 Å². The third kappa shape index (κ3) is 5.80. The van der Waals surface area contributed by atoms with Crippen LogP contribution in [0, 0.1) is 23.7 Å². The van der Waals surface area contributed by atoms with Crippen molar-refractivity contribution >= 4 is 0 Å². The molecular formula is C21H38. The average molecular weight is 291 g/mol. The standard InChI is InChI=1S/C21H38/c1-3-5-6-7-9-19-12-16-21(17-13-19)20-14-10-18(8-4-2)11-15-20/h7,9,18-21H,3-6,8,10-17H2,1-2H3. The highest BCUT2D eigenvalue weighted by Gasteiger charge is 2.29. The summed E-state index contributed by atoms with van der Waals surface area (Å²) >= 11 is 0. The first-order chi connectivity index (χ1) is 10.3. The molecule has 2 aliphatic carbocycles. The van der Waals surface area contributed by atoms with Crippen LogP contribution < -0.4 is 0 Å². The zero-order valence-electron chi connectivity index (χ0n) is 14.7. The molecule has 0 nitrogen and oxygen atoms in total. The zero-order chi connectivity index (χ0) is 14.9. The topological polar surface area (TPSA) is 0 Å². The second-order valence-corrected chi connectivity index (χ2v) is 7.81. The van der Waals surface area contributed by atoms with Crippen molar-refractivity contribution in [3.63, 3.8) is 0 Å². The summed E-state index contributed by atoms with van der Waals surface area (Å²) in [4.78, 5) is 0. The molecule has 0 heteroatoms. The maximum Gasteiger partial charge on any atom is -0.0233 e. The highest BCUT2D eigenvalue weighted by molar-refractivity contribution is 4.92. The Morgan fingerprint density at radius 2 is 1.38 bits per heavy atom. The lowest BCUT2D eigenvalue weighted by Gasteiger charge is -2.37. The smallest absolute Gasteiger partial charge is 0.0233 e. The van der Waals surface area contributed by atoms with Gasteiger partial charge in [0.2, 0.25) is 0 Å². The SMILES string of the molecule is CCCCC=CC1CCC(C2CCC(CCC)CC2)CC1. The third-order valence-electron chi connectivity index (χ3n) is 6.20. The predicted octanol–water partition coefficient (Wildman–Crippen LogP) is 7.15. The summed E-state index contributed by atoms with van der Waals surface area (Å²) < 4.78 is 0. The quantitative estimate of drug-likeness (QED) is 0.345. The third-order valence-corrected chi connectivity index (χ3v) is 6.20. The van der Waals surface area contributed by atoms with E-state index in [-0.39, 0.29) is 0 Å². The molecule has 0 aliphatic heterocycles. The first kappa shape index (κ1) is 17.1. The van der Waals surface area contributed by atoms with Crippen LogP contribution in [0.4, 0.5) is 0 Å². The Bertz CT molecular complexity index is 274. The Hall–Kier alpha value is -0.260. The molecule has 0 atom stereocenters. The van der Waals surface area contributed by atoms with E-state index in [9.17, 15) is 0 Å². The van der Waals surface area contributed by atoms with Gasteiger partial charge in [-0.3, -0.25) is 0 Å². The fourth-order valence-corrected chi connectivity index (χ4v) is 4.78. The Kier molecular flexibility index (Phi) is 7.89. The maximum absolute atomic E-state index is 2.55. The molecule has 0 bridgehead atoms. The molecule has 0 heterocycles. The molecule has 0 N–H and O–H groups in total. The van der Waals surface area contributed by atoms with Crippen molar-refractivity contribution in [1.29, 1.82) is 0 Å². The van der Waals surface area contributed by atoms with E-state index in [1.807, 2.05) is 0 Å². The summed E-state index contributed by atoms with van der Waals surface area (Å²) in [6.07, 6.45) is 24.1. The van der Waals surface area contributed by atoms with Gasteiger partial charge in [0.25, 0.3) is 0 Å². The van der Waals surface area contributed by atoms with Gasteiger partial charge in [-0.25, -0.2) is 0 Å². The van der Waals surface area contributed by atoms with Crippen molar-refractivity contribution in [1.82, 2.24) is 0 Å². The summed E-state index contributed by atoms with van der Waals surface area (Å²) in [5.41, 5.74) is 0. The minimum absolute atomic E-state index is 0.912. The fourth-order valence-electron chi connectivity index (χ4n) is 4.78. The summed E-state index contributed by atoms with van der Waals surface area (Å²) in [5, 5.41) is 0. The van der Waals surface area contributed by atoms with Gasteiger partial charge >= 0.3 is 0 Å². The van der Waals surface area contributed by atoms with Crippen molar-refractivity contribution in [3.05, 3.63) is 12.2 Å². The van der Waals surface area contributed by atoms with Gasteiger partial charge in [-0.05, 0) is 68.6 Å². The molecule has 2 rings (SSSR count). The first-order valence-electron chi connectivity index (χ1n) is 10.00. The minimum atomic E-state index is 0.912. The Labute approximate surface area is 133 Å². The number of hydrogen-bond acceptors (Lipinski definition) is 0. The lowest BCUT2D eigenvalue weighted by Crippen LogP contribution is -2.25. The molecule has 21 heavy (non-hydrogen) atoms. The summed E-state index contributed by atoms with van der Waals surface area (Å²) in [5.74, 6) is 4.15. The Morgan fingerprint density at radius 3 is 1.95 bits per heavy atom.